The van der Waals surface area contributed by atoms with Gasteiger partial charge in [-0.15, -0.1) is 0 Å². The maximum absolute atomic E-state index is 13.4. The van der Waals surface area contributed by atoms with Gasteiger partial charge in [0.1, 0.15) is 11.6 Å². The molecule has 0 spiro atoms. The third-order valence-electron chi connectivity index (χ3n) is 3.43. The Kier molecular flexibility index (Phi) is 4.78. The lowest BCUT2D eigenvalue weighted by molar-refractivity contribution is -0.124. The van der Waals surface area contributed by atoms with Crippen LogP contribution in [-0.4, -0.2) is 25.3 Å². The second kappa shape index (κ2) is 7.16. The number of esters is 1. The van der Waals surface area contributed by atoms with Crippen molar-refractivity contribution in [1.82, 2.24) is 5.32 Å². The van der Waals surface area contributed by atoms with E-state index in [1.54, 1.807) is 6.07 Å². The average Bonchev–Trinajstić information content (AvgIpc) is 3.06. The lowest BCUT2D eigenvalue weighted by Crippen LogP contribution is -2.28. The zero-order valence-corrected chi connectivity index (χ0v) is 12.9. The van der Waals surface area contributed by atoms with Gasteiger partial charge in [-0.25, -0.2) is 13.6 Å². The summed E-state index contributed by atoms with van der Waals surface area (Å²) in [5.41, 5.74) is 0.332. The van der Waals surface area contributed by atoms with E-state index in [0.717, 1.165) is 12.1 Å². The predicted molar refractivity (Wildman–Crippen MR) is 81.1 cm³/mol. The highest BCUT2D eigenvalue weighted by Crippen LogP contribution is 2.32. The molecule has 0 atom stereocenters. The van der Waals surface area contributed by atoms with Crippen molar-refractivity contribution < 1.29 is 32.6 Å². The van der Waals surface area contributed by atoms with Gasteiger partial charge < -0.3 is 19.5 Å². The standard InChI is InChI=1S/C17H13F2NO5/c18-12-3-1-11(13(19)6-12)7-20-16(21)8-23-17(22)10-2-4-14-15(5-10)25-9-24-14/h1-6H,7-9H2,(H,20,21). The zero-order valence-electron chi connectivity index (χ0n) is 12.9. The Balaban J connectivity index is 1.49. The summed E-state index contributed by atoms with van der Waals surface area (Å²) in [5.74, 6) is -1.84. The molecule has 0 fully saturated rings. The molecule has 3 rings (SSSR count). The van der Waals surface area contributed by atoms with Gasteiger partial charge in [0.15, 0.2) is 18.1 Å². The van der Waals surface area contributed by atoms with Gasteiger partial charge in [-0.3, -0.25) is 4.79 Å². The SMILES string of the molecule is O=C(COC(=O)c1ccc2c(c1)OCO2)NCc1ccc(F)cc1F. The number of ether oxygens (including phenoxy) is 3. The molecular weight excluding hydrogens is 336 g/mol. The summed E-state index contributed by atoms with van der Waals surface area (Å²) in [4.78, 5) is 23.6. The molecule has 8 heteroatoms. The molecule has 2 aromatic carbocycles. The van der Waals surface area contributed by atoms with Crippen molar-refractivity contribution in [2.75, 3.05) is 13.4 Å². The number of carbonyl (C=O) groups excluding carboxylic acids is 2. The van der Waals surface area contributed by atoms with Crippen LogP contribution in [0.4, 0.5) is 8.78 Å². The van der Waals surface area contributed by atoms with E-state index in [2.05, 4.69) is 5.32 Å². The van der Waals surface area contributed by atoms with E-state index in [9.17, 15) is 18.4 Å². The van der Waals surface area contributed by atoms with Crippen LogP contribution in [0.1, 0.15) is 15.9 Å². The fraction of sp³-hybridized carbons (Fsp3) is 0.176. The van der Waals surface area contributed by atoms with Crippen molar-refractivity contribution in [1.29, 1.82) is 0 Å². The summed E-state index contributed by atoms with van der Waals surface area (Å²) in [7, 11) is 0. The van der Waals surface area contributed by atoms with Crippen LogP contribution in [0.2, 0.25) is 0 Å². The van der Waals surface area contributed by atoms with Gasteiger partial charge in [-0.1, -0.05) is 6.07 Å². The van der Waals surface area contributed by atoms with Gasteiger partial charge in [0.05, 0.1) is 5.56 Å². The number of benzene rings is 2. The van der Waals surface area contributed by atoms with Crippen LogP contribution in [-0.2, 0) is 16.1 Å². The highest BCUT2D eigenvalue weighted by Gasteiger charge is 2.17. The molecule has 1 amide bonds. The number of hydrogen-bond acceptors (Lipinski definition) is 5. The summed E-state index contributed by atoms with van der Waals surface area (Å²) >= 11 is 0. The number of rotatable bonds is 5. The third kappa shape index (κ3) is 4.03. The maximum atomic E-state index is 13.4. The zero-order chi connectivity index (χ0) is 17.8. The second-order valence-electron chi connectivity index (χ2n) is 5.16. The van der Waals surface area contributed by atoms with Crippen molar-refractivity contribution in [3.8, 4) is 11.5 Å². The summed E-state index contributed by atoms with van der Waals surface area (Å²) in [5, 5.41) is 2.38. The van der Waals surface area contributed by atoms with Gasteiger partial charge in [0.25, 0.3) is 5.91 Å². The fourth-order valence-corrected chi connectivity index (χ4v) is 2.15. The molecule has 1 heterocycles. The van der Waals surface area contributed by atoms with Crippen LogP contribution < -0.4 is 14.8 Å². The molecule has 0 saturated heterocycles. The monoisotopic (exact) mass is 349 g/mol. The molecule has 0 bridgehead atoms. The Morgan fingerprint density at radius 1 is 1.08 bits per heavy atom. The smallest absolute Gasteiger partial charge is 0.338 e. The number of carbonyl (C=O) groups is 2. The Bertz CT molecular complexity index is 825. The van der Waals surface area contributed by atoms with E-state index in [0.29, 0.717) is 11.5 Å². The van der Waals surface area contributed by atoms with Crippen LogP contribution >= 0.6 is 0 Å². The van der Waals surface area contributed by atoms with Crippen molar-refractivity contribution in [3.63, 3.8) is 0 Å². The number of amides is 1. The molecule has 0 saturated carbocycles. The third-order valence-corrected chi connectivity index (χ3v) is 3.43. The number of nitrogens with one attached hydrogen (secondary N) is 1. The molecule has 25 heavy (non-hydrogen) atoms. The molecule has 0 aromatic heterocycles. The largest absolute Gasteiger partial charge is 0.454 e. The minimum Gasteiger partial charge on any atom is -0.454 e. The van der Waals surface area contributed by atoms with E-state index in [1.165, 1.54) is 18.2 Å². The molecule has 1 N–H and O–H groups in total. The number of halogens is 2. The molecule has 1 aliphatic rings. The van der Waals surface area contributed by atoms with E-state index < -0.39 is 30.1 Å². The molecule has 0 aliphatic carbocycles. The Hall–Kier alpha value is -3.16. The molecule has 6 nitrogen and oxygen atoms in total. The normalized spacial score (nSPS) is 11.9. The molecule has 130 valence electrons. The van der Waals surface area contributed by atoms with E-state index >= 15 is 0 Å². The molecular formula is C17H13F2NO5. The van der Waals surface area contributed by atoms with Crippen LogP contribution in [0, 0.1) is 11.6 Å². The lowest BCUT2D eigenvalue weighted by Gasteiger charge is -2.08. The first-order chi connectivity index (χ1) is 12.0. The summed E-state index contributed by atoms with van der Waals surface area (Å²) in [6, 6.07) is 7.55. The van der Waals surface area contributed by atoms with Gasteiger partial charge in [0, 0.05) is 18.2 Å². The number of fused-ring (bicyclic) bond motifs is 1. The summed E-state index contributed by atoms with van der Waals surface area (Å²) in [6.07, 6.45) is 0. The van der Waals surface area contributed by atoms with Gasteiger partial charge in [-0.05, 0) is 24.3 Å². The van der Waals surface area contributed by atoms with E-state index in [-0.39, 0.29) is 24.5 Å². The first-order valence-corrected chi connectivity index (χ1v) is 7.30. The Labute approximate surface area is 141 Å². The first kappa shape index (κ1) is 16.7. The summed E-state index contributed by atoms with van der Waals surface area (Å²) in [6.45, 7) is -0.598. The van der Waals surface area contributed by atoms with Crippen molar-refractivity contribution in [3.05, 3.63) is 59.2 Å². The highest BCUT2D eigenvalue weighted by atomic mass is 19.1. The van der Waals surface area contributed by atoms with Crippen molar-refractivity contribution in [2.45, 2.75) is 6.54 Å². The maximum Gasteiger partial charge on any atom is 0.338 e. The summed E-state index contributed by atoms with van der Waals surface area (Å²) < 4.78 is 41.4. The molecule has 2 aromatic rings. The fourth-order valence-electron chi connectivity index (χ4n) is 2.15. The predicted octanol–water partition coefficient (Wildman–Crippen LogP) is 2.17. The molecule has 0 unspecified atom stereocenters. The van der Waals surface area contributed by atoms with Crippen molar-refractivity contribution >= 4 is 11.9 Å². The quantitative estimate of drug-likeness (QED) is 0.838. The Morgan fingerprint density at radius 3 is 2.68 bits per heavy atom. The van der Waals surface area contributed by atoms with Crippen LogP contribution in [0.15, 0.2) is 36.4 Å². The van der Waals surface area contributed by atoms with Crippen LogP contribution in [0.5, 0.6) is 11.5 Å². The minimum absolute atomic E-state index is 0.0795. The highest BCUT2D eigenvalue weighted by molar-refractivity contribution is 5.92. The topological polar surface area (TPSA) is 73.9 Å². The lowest BCUT2D eigenvalue weighted by atomic mass is 10.2. The minimum atomic E-state index is -0.766. The molecule has 1 aliphatic heterocycles. The van der Waals surface area contributed by atoms with Crippen molar-refractivity contribution in [2.24, 2.45) is 0 Å². The Morgan fingerprint density at radius 2 is 1.88 bits per heavy atom. The first-order valence-electron chi connectivity index (χ1n) is 7.30. The average molecular weight is 349 g/mol. The van der Waals surface area contributed by atoms with Gasteiger partial charge in [-0.2, -0.15) is 0 Å². The van der Waals surface area contributed by atoms with E-state index in [1.807, 2.05) is 0 Å². The van der Waals surface area contributed by atoms with Gasteiger partial charge >= 0.3 is 5.97 Å². The molecule has 0 radical (unpaired) electrons. The number of hydrogen-bond donors (Lipinski definition) is 1. The van der Waals surface area contributed by atoms with Crippen LogP contribution in [0.3, 0.4) is 0 Å². The van der Waals surface area contributed by atoms with E-state index in [4.69, 9.17) is 14.2 Å². The van der Waals surface area contributed by atoms with Crippen LogP contribution in [0.25, 0.3) is 0 Å². The second-order valence-corrected chi connectivity index (χ2v) is 5.16. The van der Waals surface area contributed by atoms with Gasteiger partial charge in [0.2, 0.25) is 6.79 Å².